The molecule has 0 N–H and O–H groups in total. The molecule has 19 heavy (non-hydrogen) atoms. The van der Waals surface area contributed by atoms with Crippen LogP contribution >= 0.6 is 0 Å². The monoisotopic (exact) mass is 278 g/mol. The maximum absolute atomic E-state index is 10.6. The molecule has 0 saturated carbocycles. The van der Waals surface area contributed by atoms with Crippen LogP contribution in [0.2, 0.25) is 19.1 Å². The summed E-state index contributed by atoms with van der Waals surface area (Å²) in [4.78, 5) is 10.2. The van der Waals surface area contributed by atoms with Crippen LogP contribution in [-0.2, 0) is 10.0 Å². The Morgan fingerprint density at radius 2 is 1.95 bits per heavy atom. The highest BCUT2D eigenvalue weighted by Crippen LogP contribution is 2.31. The summed E-state index contributed by atoms with van der Waals surface area (Å²) in [5.41, 5.74) is -0.397. The first-order chi connectivity index (χ1) is 8.74. The molecule has 5 nitrogen and oxygen atoms in total. The van der Waals surface area contributed by atoms with Crippen molar-refractivity contribution in [2.24, 2.45) is 0 Å². The van der Waals surface area contributed by atoms with Crippen LogP contribution in [0.4, 0.5) is 5.69 Å². The van der Waals surface area contributed by atoms with Crippen LogP contribution in [-0.4, -0.2) is 13.2 Å². The van der Waals surface area contributed by atoms with Gasteiger partial charge >= 0.3 is 0 Å². The summed E-state index contributed by atoms with van der Waals surface area (Å²) in [7, 11) is -1.91. The molecule has 1 aromatic rings. The number of rotatable bonds is 5. The van der Waals surface area contributed by atoms with Gasteiger partial charge in [0.1, 0.15) is 6.07 Å². The number of nitro groups is 1. The van der Waals surface area contributed by atoms with Crippen molar-refractivity contribution in [2.45, 2.75) is 38.6 Å². The van der Waals surface area contributed by atoms with Gasteiger partial charge in [-0.1, -0.05) is 6.92 Å². The number of nitrogens with zero attached hydrogens (tertiary/aromatic N) is 2. The van der Waals surface area contributed by atoms with Gasteiger partial charge in [0.25, 0.3) is 5.69 Å². The van der Waals surface area contributed by atoms with E-state index in [1.165, 1.54) is 12.1 Å². The van der Waals surface area contributed by atoms with Gasteiger partial charge in [0.2, 0.25) is 0 Å². The summed E-state index contributed by atoms with van der Waals surface area (Å²) in [6, 6.07) is 9.04. The lowest BCUT2D eigenvalue weighted by molar-refractivity contribution is -0.384. The molecule has 0 saturated heterocycles. The standard InChI is InChI=1S/C13H18N2O3Si/c1-5-19(3,4)18-13(2,10-14)11-6-8-12(9-7-11)15(16)17/h6-9H,5H2,1-4H3. The third kappa shape index (κ3) is 3.62. The van der Waals surface area contributed by atoms with E-state index in [0.717, 1.165) is 6.04 Å². The van der Waals surface area contributed by atoms with Gasteiger partial charge in [0.15, 0.2) is 13.9 Å². The minimum absolute atomic E-state index is 0.0102. The van der Waals surface area contributed by atoms with Crippen molar-refractivity contribution in [1.29, 1.82) is 5.26 Å². The SMILES string of the molecule is CC[Si](C)(C)OC(C)(C#N)c1ccc([N+](=O)[O-])cc1. The third-order valence-corrected chi connectivity index (χ3v) is 5.84. The van der Waals surface area contributed by atoms with Crippen LogP contribution in [0.3, 0.4) is 0 Å². The zero-order valence-electron chi connectivity index (χ0n) is 11.6. The van der Waals surface area contributed by atoms with Crippen LogP contribution in [0.5, 0.6) is 0 Å². The molecular weight excluding hydrogens is 260 g/mol. The summed E-state index contributed by atoms with van der Waals surface area (Å²) < 4.78 is 6.02. The van der Waals surface area contributed by atoms with Crippen LogP contribution in [0.25, 0.3) is 0 Å². The fourth-order valence-electron chi connectivity index (χ4n) is 1.67. The maximum Gasteiger partial charge on any atom is 0.269 e. The van der Waals surface area contributed by atoms with E-state index >= 15 is 0 Å². The summed E-state index contributed by atoms with van der Waals surface area (Å²) >= 11 is 0. The molecule has 0 aliphatic heterocycles. The van der Waals surface area contributed by atoms with Gasteiger partial charge in [-0.3, -0.25) is 10.1 Å². The molecule has 0 aliphatic carbocycles. The minimum Gasteiger partial charge on any atom is -0.396 e. The third-order valence-electron chi connectivity index (χ3n) is 3.17. The second-order valence-corrected chi connectivity index (χ2v) is 9.59. The Hall–Kier alpha value is -1.71. The highest BCUT2D eigenvalue weighted by atomic mass is 28.4. The summed E-state index contributed by atoms with van der Waals surface area (Å²) in [5, 5.41) is 20.0. The molecule has 0 bridgehead atoms. The first-order valence-corrected chi connectivity index (χ1v) is 9.22. The fraction of sp³-hybridized carbons (Fsp3) is 0.462. The predicted molar refractivity (Wildman–Crippen MR) is 75.1 cm³/mol. The van der Waals surface area contributed by atoms with Gasteiger partial charge in [0.05, 0.1) is 4.92 Å². The number of nitro benzene ring substituents is 1. The van der Waals surface area contributed by atoms with E-state index in [-0.39, 0.29) is 5.69 Å². The van der Waals surface area contributed by atoms with Gasteiger partial charge in [0, 0.05) is 12.1 Å². The van der Waals surface area contributed by atoms with Crippen molar-refractivity contribution in [3.8, 4) is 6.07 Å². The maximum atomic E-state index is 10.6. The van der Waals surface area contributed by atoms with Crippen LogP contribution < -0.4 is 0 Å². The lowest BCUT2D eigenvalue weighted by Gasteiger charge is -2.32. The molecule has 0 heterocycles. The Morgan fingerprint density at radius 3 is 2.32 bits per heavy atom. The molecule has 0 fully saturated rings. The van der Waals surface area contributed by atoms with Gasteiger partial charge < -0.3 is 4.43 Å². The lowest BCUT2D eigenvalue weighted by atomic mass is 9.98. The second-order valence-electron chi connectivity index (χ2n) is 5.16. The Labute approximate surface area is 114 Å². The van der Waals surface area contributed by atoms with Crippen LogP contribution in [0.1, 0.15) is 19.4 Å². The van der Waals surface area contributed by atoms with E-state index in [1.54, 1.807) is 19.1 Å². The first kappa shape index (κ1) is 15.3. The molecule has 0 amide bonds. The van der Waals surface area contributed by atoms with Crippen molar-refractivity contribution in [1.82, 2.24) is 0 Å². The minimum atomic E-state index is -1.91. The van der Waals surface area contributed by atoms with Crippen LogP contribution in [0, 0.1) is 21.4 Å². The van der Waals surface area contributed by atoms with Gasteiger partial charge in [-0.25, -0.2) is 0 Å². The van der Waals surface area contributed by atoms with Crippen molar-refractivity contribution < 1.29 is 9.35 Å². The van der Waals surface area contributed by atoms with Crippen LogP contribution in [0.15, 0.2) is 24.3 Å². The number of nitriles is 1. The van der Waals surface area contributed by atoms with Gasteiger partial charge in [-0.15, -0.1) is 0 Å². The van der Waals surface area contributed by atoms with Crippen molar-refractivity contribution in [3.05, 3.63) is 39.9 Å². The molecule has 1 aromatic carbocycles. The van der Waals surface area contributed by atoms with E-state index < -0.39 is 18.8 Å². The molecule has 102 valence electrons. The molecule has 1 atom stereocenters. The van der Waals surface area contributed by atoms with E-state index in [4.69, 9.17) is 4.43 Å². The zero-order chi connectivity index (χ0) is 14.7. The van der Waals surface area contributed by atoms with Crippen molar-refractivity contribution >= 4 is 14.0 Å². The fourth-order valence-corrected chi connectivity index (χ4v) is 3.09. The Bertz CT molecular complexity index is 508. The highest BCUT2D eigenvalue weighted by molar-refractivity contribution is 6.71. The Kier molecular flexibility index (Phi) is 4.45. The molecule has 6 heteroatoms. The van der Waals surface area contributed by atoms with E-state index in [0.29, 0.717) is 5.56 Å². The van der Waals surface area contributed by atoms with E-state index in [2.05, 4.69) is 6.07 Å². The smallest absolute Gasteiger partial charge is 0.269 e. The van der Waals surface area contributed by atoms with Crippen molar-refractivity contribution in [3.63, 3.8) is 0 Å². The molecule has 1 unspecified atom stereocenters. The molecule has 0 radical (unpaired) electrons. The number of non-ortho nitro benzene ring substituents is 1. The zero-order valence-corrected chi connectivity index (χ0v) is 12.6. The first-order valence-electron chi connectivity index (χ1n) is 6.10. The highest BCUT2D eigenvalue weighted by Gasteiger charge is 2.35. The summed E-state index contributed by atoms with van der Waals surface area (Å²) in [5.74, 6) is 0. The predicted octanol–water partition coefficient (Wildman–Crippen LogP) is 3.58. The van der Waals surface area contributed by atoms with Crippen molar-refractivity contribution in [2.75, 3.05) is 0 Å². The largest absolute Gasteiger partial charge is 0.396 e. The topological polar surface area (TPSA) is 76.2 Å². The average Bonchev–Trinajstić information content (AvgIpc) is 2.38. The molecule has 0 aliphatic rings. The second kappa shape index (κ2) is 5.51. The van der Waals surface area contributed by atoms with E-state index in [1.807, 2.05) is 20.0 Å². The lowest BCUT2D eigenvalue weighted by Crippen LogP contribution is -2.39. The molecule has 0 spiro atoms. The molecule has 0 aromatic heterocycles. The summed E-state index contributed by atoms with van der Waals surface area (Å²) in [6.07, 6.45) is 0. The molecule has 1 rings (SSSR count). The normalized spacial score (nSPS) is 14.5. The van der Waals surface area contributed by atoms with Gasteiger partial charge in [-0.2, -0.15) is 5.26 Å². The Morgan fingerprint density at radius 1 is 1.42 bits per heavy atom. The number of hydrogen-bond acceptors (Lipinski definition) is 4. The molecular formula is C13H18N2O3Si. The number of hydrogen-bond donors (Lipinski definition) is 0. The van der Waals surface area contributed by atoms with Gasteiger partial charge in [-0.05, 0) is 43.8 Å². The average molecular weight is 278 g/mol. The quantitative estimate of drug-likeness (QED) is 0.468. The summed E-state index contributed by atoms with van der Waals surface area (Å²) in [6.45, 7) is 7.85. The van der Waals surface area contributed by atoms with E-state index in [9.17, 15) is 15.4 Å². The Balaban J connectivity index is 3.09. The number of benzene rings is 1.